The summed E-state index contributed by atoms with van der Waals surface area (Å²) in [6, 6.07) is 13.5. The summed E-state index contributed by atoms with van der Waals surface area (Å²) in [5, 5.41) is 10.4. The lowest BCUT2D eigenvalue weighted by atomic mass is 10.2. The maximum atomic E-state index is 12.6. The number of nitrogens with zero attached hydrogens (tertiary/aromatic N) is 2. The number of amides is 2. The first kappa shape index (κ1) is 18.9. The van der Waals surface area contributed by atoms with Crippen LogP contribution in [-0.2, 0) is 4.79 Å². The number of phenols is 1. The predicted molar refractivity (Wildman–Crippen MR) is 111 cm³/mol. The molecule has 27 heavy (non-hydrogen) atoms. The Balaban J connectivity index is 1.74. The molecule has 2 amide bonds. The first-order valence-electron chi connectivity index (χ1n) is 8.00. The van der Waals surface area contributed by atoms with Crippen LogP contribution in [0, 0.1) is 0 Å². The topological polar surface area (TPSA) is 72.9 Å². The minimum Gasteiger partial charge on any atom is -0.508 e. The minimum atomic E-state index is -0.483. The third-order valence-corrected chi connectivity index (χ3v) is 5.15. The number of anilines is 1. The van der Waals surface area contributed by atoms with E-state index in [2.05, 4.69) is 5.43 Å². The number of phenolic OH excluding ortho intramolecular Hbond substituents is 1. The third-order valence-electron chi connectivity index (χ3n) is 3.84. The first-order valence-corrected chi connectivity index (χ1v) is 9.23. The minimum absolute atomic E-state index is 0.0559. The molecule has 2 aromatic carbocycles. The summed E-state index contributed by atoms with van der Waals surface area (Å²) in [6.07, 6.45) is 1.74. The first-order chi connectivity index (χ1) is 12.8. The van der Waals surface area contributed by atoms with E-state index in [-0.39, 0.29) is 16.0 Å². The second kappa shape index (κ2) is 7.81. The Morgan fingerprint density at radius 1 is 1.15 bits per heavy atom. The maximum Gasteiger partial charge on any atom is 0.285 e. The van der Waals surface area contributed by atoms with Gasteiger partial charge >= 0.3 is 0 Å². The zero-order valence-electron chi connectivity index (χ0n) is 14.7. The summed E-state index contributed by atoms with van der Waals surface area (Å²) in [5.74, 6) is -0.808. The van der Waals surface area contributed by atoms with Gasteiger partial charge in [-0.15, -0.1) is 0 Å². The molecule has 1 aliphatic rings. The quantitative estimate of drug-likeness (QED) is 0.608. The molecule has 8 heteroatoms. The van der Waals surface area contributed by atoms with Crippen LogP contribution >= 0.6 is 24.0 Å². The molecular weight excluding hydrogens is 382 g/mol. The van der Waals surface area contributed by atoms with Gasteiger partial charge in [-0.05, 0) is 60.3 Å². The van der Waals surface area contributed by atoms with Crippen LogP contribution in [0.4, 0.5) is 5.69 Å². The summed E-state index contributed by atoms with van der Waals surface area (Å²) < 4.78 is 0.253. The molecule has 0 radical (unpaired) electrons. The van der Waals surface area contributed by atoms with Gasteiger partial charge < -0.3 is 10.0 Å². The molecule has 2 N–H and O–H groups in total. The molecule has 0 spiro atoms. The van der Waals surface area contributed by atoms with E-state index in [4.69, 9.17) is 12.2 Å². The van der Waals surface area contributed by atoms with Crippen LogP contribution in [0.2, 0.25) is 0 Å². The average molecular weight is 399 g/mol. The van der Waals surface area contributed by atoms with Crippen molar-refractivity contribution in [1.29, 1.82) is 0 Å². The van der Waals surface area contributed by atoms with Gasteiger partial charge in [-0.25, -0.2) is 0 Å². The Bertz CT molecular complexity index is 922. The highest BCUT2D eigenvalue weighted by Crippen LogP contribution is 2.31. The van der Waals surface area contributed by atoms with E-state index in [1.807, 2.05) is 43.3 Å². The number of nitrogens with one attached hydrogen (secondary N) is 1. The lowest BCUT2D eigenvalue weighted by Gasteiger charge is -2.15. The molecule has 0 saturated carbocycles. The Labute approximate surface area is 166 Å². The molecule has 0 bridgehead atoms. The van der Waals surface area contributed by atoms with Crippen molar-refractivity contribution in [3.05, 3.63) is 64.6 Å². The monoisotopic (exact) mass is 399 g/mol. The molecule has 1 saturated heterocycles. The lowest BCUT2D eigenvalue weighted by Crippen LogP contribution is -2.44. The van der Waals surface area contributed by atoms with Crippen molar-refractivity contribution >= 4 is 51.9 Å². The average Bonchev–Trinajstić information content (AvgIpc) is 2.90. The second-order valence-corrected chi connectivity index (χ2v) is 7.67. The van der Waals surface area contributed by atoms with Crippen molar-refractivity contribution in [2.45, 2.75) is 0 Å². The number of carbonyl (C=O) groups excluding carboxylic acids is 2. The fourth-order valence-corrected chi connectivity index (χ4v) is 3.54. The summed E-state index contributed by atoms with van der Waals surface area (Å²) in [5.41, 5.74) is 4.74. The van der Waals surface area contributed by atoms with Gasteiger partial charge in [0.25, 0.3) is 11.8 Å². The number of rotatable bonds is 4. The van der Waals surface area contributed by atoms with Crippen LogP contribution in [0.3, 0.4) is 0 Å². The van der Waals surface area contributed by atoms with Gasteiger partial charge in [0.1, 0.15) is 5.75 Å². The zero-order chi connectivity index (χ0) is 19.6. The molecule has 6 nitrogen and oxygen atoms in total. The van der Waals surface area contributed by atoms with Gasteiger partial charge in [0.05, 0.1) is 4.91 Å². The number of aromatic hydroxyl groups is 1. The molecule has 3 rings (SSSR count). The predicted octanol–water partition coefficient (Wildman–Crippen LogP) is 3.00. The van der Waals surface area contributed by atoms with Crippen molar-refractivity contribution < 1.29 is 14.7 Å². The molecule has 1 fully saturated rings. The fourth-order valence-electron chi connectivity index (χ4n) is 2.36. The van der Waals surface area contributed by atoms with E-state index >= 15 is 0 Å². The molecule has 0 unspecified atom stereocenters. The highest BCUT2D eigenvalue weighted by atomic mass is 32.2. The molecule has 0 atom stereocenters. The molecule has 1 heterocycles. The summed E-state index contributed by atoms with van der Waals surface area (Å²) in [7, 11) is 3.91. The number of carbonyl (C=O) groups is 2. The number of benzene rings is 2. The van der Waals surface area contributed by atoms with Crippen LogP contribution < -0.4 is 10.3 Å². The maximum absolute atomic E-state index is 12.6. The molecule has 0 aromatic heterocycles. The molecule has 1 aliphatic heterocycles. The number of hydrazine groups is 1. The normalized spacial score (nSPS) is 15.3. The van der Waals surface area contributed by atoms with E-state index in [0.29, 0.717) is 10.5 Å². The summed E-state index contributed by atoms with van der Waals surface area (Å²) in [6.45, 7) is 0. The van der Waals surface area contributed by atoms with Crippen LogP contribution in [0.5, 0.6) is 5.75 Å². The molecule has 2 aromatic rings. The van der Waals surface area contributed by atoms with Gasteiger partial charge in [-0.1, -0.05) is 23.9 Å². The molecule has 138 valence electrons. The van der Waals surface area contributed by atoms with Crippen molar-refractivity contribution in [1.82, 2.24) is 10.4 Å². The van der Waals surface area contributed by atoms with Gasteiger partial charge in [-0.3, -0.25) is 15.0 Å². The number of hydrogen-bond donors (Lipinski definition) is 2. The van der Waals surface area contributed by atoms with Crippen LogP contribution in [-0.4, -0.2) is 40.3 Å². The number of thiocarbonyl (C=S) groups is 1. The van der Waals surface area contributed by atoms with Crippen molar-refractivity contribution in [3.63, 3.8) is 0 Å². The largest absolute Gasteiger partial charge is 0.508 e. The number of thioether (sulfide) groups is 1. The van der Waals surface area contributed by atoms with E-state index in [1.165, 1.54) is 24.3 Å². The van der Waals surface area contributed by atoms with E-state index < -0.39 is 5.91 Å². The third kappa shape index (κ3) is 4.29. The lowest BCUT2D eigenvalue weighted by molar-refractivity contribution is -0.123. The summed E-state index contributed by atoms with van der Waals surface area (Å²) in [4.78, 5) is 27.3. The highest BCUT2D eigenvalue weighted by molar-refractivity contribution is 8.26. The standard InChI is InChI=1S/C19H17N3O3S2/c1-21(2)14-7-3-12(4-8-14)11-16-18(25)22(19(26)27-16)20-17(24)13-5-9-15(23)10-6-13/h3-11,23H,1-2H3,(H,20,24). The number of hydrogen-bond acceptors (Lipinski definition) is 6. The zero-order valence-corrected chi connectivity index (χ0v) is 16.3. The van der Waals surface area contributed by atoms with Gasteiger partial charge in [-0.2, -0.15) is 5.01 Å². The van der Waals surface area contributed by atoms with Gasteiger partial charge in [0.2, 0.25) is 0 Å². The summed E-state index contributed by atoms with van der Waals surface area (Å²) >= 11 is 6.35. The van der Waals surface area contributed by atoms with E-state index in [0.717, 1.165) is 28.0 Å². The Kier molecular flexibility index (Phi) is 5.48. The van der Waals surface area contributed by atoms with Gasteiger partial charge in [0.15, 0.2) is 4.32 Å². The molecular formula is C19H17N3O3S2. The van der Waals surface area contributed by atoms with Crippen LogP contribution in [0.15, 0.2) is 53.4 Å². The second-order valence-electron chi connectivity index (χ2n) is 5.99. The fraction of sp³-hybridized carbons (Fsp3) is 0.105. The van der Waals surface area contributed by atoms with E-state index in [1.54, 1.807) is 6.08 Å². The van der Waals surface area contributed by atoms with Crippen molar-refractivity contribution in [3.8, 4) is 5.75 Å². The smallest absolute Gasteiger partial charge is 0.285 e. The van der Waals surface area contributed by atoms with Crippen LogP contribution in [0.25, 0.3) is 6.08 Å². The van der Waals surface area contributed by atoms with E-state index in [9.17, 15) is 14.7 Å². The SMILES string of the molecule is CN(C)c1ccc(C=C2SC(=S)N(NC(=O)c3ccc(O)cc3)C2=O)cc1. The Morgan fingerprint density at radius 2 is 1.78 bits per heavy atom. The van der Waals surface area contributed by atoms with Crippen molar-refractivity contribution in [2.24, 2.45) is 0 Å². The Hall–Kier alpha value is -2.84. The molecule has 0 aliphatic carbocycles. The van der Waals surface area contributed by atoms with Gasteiger partial charge in [0, 0.05) is 25.3 Å². The highest BCUT2D eigenvalue weighted by Gasteiger charge is 2.33. The van der Waals surface area contributed by atoms with Crippen molar-refractivity contribution in [2.75, 3.05) is 19.0 Å². The van der Waals surface area contributed by atoms with Crippen LogP contribution in [0.1, 0.15) is 15.9 Å². The Morgan fingerprint density at radius 3 is 2.37 bits per heavy atom.